The Morgan fingerprint density at radius 1 is 1.16 bits per heavy atom. The molecule has 0 saturated heterocycles. The van der Waals surface area contributed by atoms with Gasteiger partial charge in [0.05, 0.1) is 5.60 Å². The molecule has 1 fully saturated rings. The highest BCUT2D eigenvalue weighted by Crippen LogP contribution is 2.54. The van der Waals surface area contributed by atoms with Gasteiger partial charge in [-0.15, -0.1) is 0 Å². The van der Waals surface area contributed by atoms with E-state index in [1.54, 1.807) is 6.07 Å². The lowest BCUT2D eigenvalue weighted by atomic mass is 9.53. The minimum absolute atomic E-state index is 0.244. The second-order valence-corrected chi connectivity index (χ2v) is 6.20. The third-order valence-corrected chi connectivity index (χ3v) is 5.32. The first-order valence-electron chi connectivity index (χ1n) is 7.36. The topological polar surface area (TPSA) is 66.5 Å². The first kappa shape index (κ1) is 12.9. The third-order valence-electron chi connectivity index (χ3n) is 5.32. The number of hydrogen-bond donors (Lipinski definition) is 3. The van der Waals surface area contributed by atoms with Gasteiger partial charge < -0.3 is 15.9 Å². The van der Waals surface area contributed by atoms with Crippen LogP contribution in [0.25, 0.3) is 0 Å². The standard InChI is InChI=1S/C16H23NO2/c17-10-9-15-6-1-2-7-16(15,19)8-5-12-3-4-13(18)11-14(12)15/h3-4,11,18-19H,1-2,5-10,17H2/t15-,16+/m1/s1. The molecule has 19 heavy (non-hydrogen) atoms. The van der Waals surface area contributed by atoms with Crippen molar-refractivity contribution in [2.75, 3.05) is 6.54 Å². The molecule has 0 radical (unpaired) electrons. The SMILES string of the molecule is NCC[C@@]12CCCC[C@]1(O)CCc1ccc(O)cc12. The molecule has 4 N–H and O–H groups in total. The number of phenolic OH excluding ortho intramolecular Hbond substituents is 1. The molecule has 1 aromatic rings. The van der Waals surface area contributed by atoms with Crippen molar-refractivity contribution >= 4 is 0 Å². The summed E-state index contributed by atoms with van der Waals surface area (Å²) in [4.78, 5) is 0. The van der Waals surface area contributed by atoms with Crippen molar-refractivity contribution in [1.29, 1.82) is 0 Å². The smallest absolute Gasteiger partial charge is 0.115 e. The van der Waals surface area contributed by atoms with Gasteiger partial charge in [-0.3, -0.25) is 0 Å². The van der Waals surface area contributed by atoms with E-state index < -0.39 is 5.60 Å². The zero-order chi connectivity index (χ0) is 13.5. The fraction of sp³-hybridized carbons (Fsp3) is 0.625. The van der Waals surface area contributed by atoms with Gasteiger partial charge in [0, 0.05) is 5.41 Å². The Bertz CT molecular complexity index is 484. The van der Waals surface area contributed by atoms with Crippen LogP contribution in [-0.4, -0.2) is 22.4 Å². The van der Waals surface area contributed by atoms with Crippen molar-refractivity contribution in [3.63, 3.8) is 0 Å². The molecular formula is C16H23NO2. The summed E-state index contributed by atoms with van der Waals surface area (Å²) in [7, 11) is 0. The molecule has 0 spiro atoms. The van der Waals surface area contributed by atoms with Crippen LogP contribution in [0.15, 0.2) is 18.2 Å². The van der Waals surface area contributed by atoms with Gasteiger partial charge in [0.25, 0.3) is 0 Å². The van der Waals surface area contributed by atoms with Crippen LogP contribution in [0.5, 0.6) is 5.75 Å². The van der Waals surface area contributed by atoms with Crippen molar-refractivity contribution in [1.82, 2.24) is 0 Å². The molecule has 2 aliphatic carbocycles. The summed E-state index contributed by atoms with van der Waals surface area (Å²) in [5.74, 6) is 0.296. The second-order valence-electron chi connectivity index (χ2n) is 6.20. The van der Waals surface area contributed by atoms with E-state index in [1.807, 2.05) is 12.1 Å². The van der Waals surface area contributed by atoms with Gasteiger partial charge in [-0.1, -0.05) is 18.9 Å². The van der Waals surface area contributed by atoms with E-state index in [-0.39, 0.29) is 5.41 Å². The quantitative estimate of drug-likeness (QED) is 0.765. The van der Waals surface area contributed by atoms with E-state index in [0.29, 0.717) is 12.3 Å². The predicted octanol–water partition coefficient (Wildman–Crippen LogP) is 2.23. The first-order chi connectivity index (χ1) is 9.11. The first-order valence-corrected chi connectivity index (χ1v) is 7.36. The van der Waals surface area contributed by atoms with Crippen LogP contribution in [0.2, 0.25) is 0 Å². The molecule has 104 valence electrons. The number of phenols is 1. The van der Waals surface area contributed by atoms with Gasteiger partial charge in [0.15, 0.2) is 0 Å². The number of aryl methyl sites for hydroxylation is 1. The maximum absolute atomic E-state index is 11.2. The molecule has 1 saturated carbocycles. The van der Waals surface area contributed by atoms with Crippen molar-refractivity contribution in [2.45, 2.75) is 56.0 Å². The molecule has 0 aliphatic heterocycles. The molecule has 0 heterocycles. The van der Waals surface area contributed by atoms with Crippen LogP contribution in [0.4, 0.5) is 0 Å². The maximum Gasteiger partial charge on any atom is 0.115 e. The maximum atomic E-state index is 11.2. The largest absolute Gasteiger partial charge is 0.508 e. The van der Waals surface area contributed by atoms with E-state index in [2.05, 4.69) is 0 Å². The highest BCUT2D eigenvalue weighted by Gasteiger charge is 2.54. The fourth-order valence-corrected chi connectivity index (χ4v) is 4.37. The lowest BCUT2D eigenvalue weighted by Gasteiger charge is -2.54. The lowest BCUT2D eigenvalue weighted by molar-refractivity contribution is -0.0862. The zero-order valence-electron chi connectivity index (χ0n) is 11.4. The molecule has 0 unspecified atom stereocenters. The number of aromatic hydroxyl groups is 1. The molecule has 2 atom stereocenters. The third kappa shape index (κ3) is 1.79. The van der Waals surface area contributed by atoms with Crippen molar-refractivity contribution < 1.29 is 10.2 Å². The average molecular weight is 261 g/mol. The fourth-order valence-electron chi connectivity index (χ4n) is 4.37. The van der Waals surface area contributed by atoms with Gasteiger partial charge >= 0.3 is 0 Å². The number of nitrogens with two attached hydrogens (primary N) is 1. The molecule has 3 rings (SSSR count). The van der Waals surface area contributed by atoms with Crippen LogP contribution in [0, 0.1) is 0 Å². The Morgan fingerprint density at radius 3 is 2.74 bits per heavy atom. The minimum atomic E-state index is -0.634. The molecule has 3 heteroatoms. The Morgan fingerprint density at radius 2 is 1.95 bits per heavy atom. The van der Waals surface area contributed by atoms with E-state index in [1.165, 1.54) is 5.56 Å². The number of fused-ring (bicyclic) bond motifs is 3. The molecule has 2 aliphatic rings. The lowest BCUT2D eigenvalue weighted by Crippen LogP contribution is -2.57. The Hall–Kier alpha value is -1.06. The van der Waals surface area contributed by atoms with Crippen molar-refractivity contribution in [3.8, 4) is 5.75 Å². The van der Waals surface area contributed by atoms with Crippen molar-refractivity contribution in [2.24, 2.45) is 5.73 Å². The summed E-state index contributed by atoms with van der Waals surface area (Å²) in [5.41, 5.74) is 7.38. The predicted molar refractivity (Wildman–Crippen MR) is 75.2 cm³/mol. The highest BCUT2D eigenvalue weighted by molar-refractivity contribution is 5.45. The minimum Gasteiger partial charge on any atom is -0.508 e. The molecule has 3 nitrogen and oxygen atoms in total. The van der Waals surface area contributed by atoms with Crippen LogP contribution in [0.1, 0.15) is 49.7 Å². The van der Waals surface area contributed by atoms with Gasteiger partial charge in [0.1, 0.15) is 5.75 Å². The monoisotopic (exact) mass is 261 g/mol. The Kier molecular flexibility index (Phi) is 3.06. The van der Waals surface area contributed by atoms with Gasteiger partial charge in [-0.05, 0) is 61.9 Å². The van der Waals surface area contributed by atoms with Gasteiger partial charge in [0.2, 0.25) is 0 Å². The summed E-state index contributed by atoms with van der Waals surface area (Å²) < 4.78 is 0. The average Bonchev–Trinajstić information content (AvgIpc) is 2.40. The number of benzene rings is 1. The van der Waals surface area contributed by atoms with Crippen LogP contribution in [-0.2, 0) is 11.8 Å². The van der Waals surface area contributed by atoms with E-state index in [9.17, 15) is 10.2 Å². The molecule has 0 amide bonds. The normalized spacial score (nSPS) is 33.6. The van der Waals surface area contributed by atoms with Crippen LogP contribution >= 0.6 is 0 Å². The highest BCUT2D eigenvalue weighted by atomic mass is 16.3. The van der Waals surface area contributed by atoms with Gasteiger partial charge in [-0.25, -0.2) is 0 Å². The summed E-state index contributed by atoms with van der Waals surface area (Å²) in [6.45, 7) is 0.581. The zero-order valence-corrected chi connectivity index (χ0v) is 11.4. The van der Waals surface area contributed by atoms with E-state index in [4.69, 9.17) is 5.73 Å². The van der Waals surface area contributed by atoms with Crippen molar-refractivity contribution in [3.05, 3.63) is 29.3 Å². The molecule has 0 bridgehead atoms. The molecule has 1 aromatic carbocycles. The van der Waals surface area contributed by atoms with E-state index in [0.717, 1.165) is 50.5 Å². The summed E-state index contributed by atoms with van der Waals surface area (Å²) >= 11 is 0. The Labute approximate surface area is 114 Å². The molecular weight excluding hydrogens is 238 g/mol. The molecule has 0 aromatic heterocycles. The Balaban J connectivity index is 2.17. The summed E-state index contributed by atoms with van der Waals surface area (Å²) in [6, 6.07) is 5.62. The number of rotatable bonds is 2. The van der Waals surface area contributed by atoms with Gasteiger partial charge in [-0.2, -0.15) is 0 Å². The van der Waals surface area contributed by atoms with Crippen LogP contribution in [0.3, 0.4) is 0 Å². The van der Waals surface area contributed by atoms with Crippen LogP contribution < -0.4 is 5.73 Å². The second kappa shape index (κ2) is 4.50. The van der Waals surface area contributed by atoms with E-state index >= 15 is 0 Å². The number of hydrogen-bond acceptors (Lipinski definition) is 3. The summed E-state index contributed by atoms with van der Waals surface area (Å²) in [6.07, 6.45) is 6.61. The number of aliphatic hydroxyl groups is 1. The summed E-state index contributed by atoms with van der Waals surface area (Å²) in [5, 5.41) is 21.0.